The molecule has 0 aromatic heterocycles. The first kappa shape index (κ1) is 12.2. The lowest BCUT2D eigenvalue weighted by Gasteiger charge is -2.37. The molecule has 3 N–H and O–H groups in total. The molecule has 2 aliphatic rings. The molecule has 17 heavy (non-hydrogen) atoms. The number of piperidine rings is 1. The number of nitrogens with two attached hydrogens (primary N) is 1. The summed E-state index contributed by atoms with van der Waals surface area (Å²) >= 11 is 0. The predicted octanol–water partition coefficient (Wildman–Crippen LogP) is 1.30. The third-order valence-electron chi connectivity index (χ3n) is 4.12. The van der Waals surface area contributed by atoms with Crippen LogP contribution in [0.2, 0.25) is 0 Å². The van der Waals surface area contributed by atoms with Crippen LogP contribution in [-0.4, -0.2) is 34.4 Å². The maximum absolute atomic E-state index is 12.5. The third-order valence-corrected chi connectivity index (χ3v) is 4.12. The van der Waals surface area contributed by atoms with Crippen LogP contribution in [0.4, 0.5) is 0 Å². The first-order valence-electron chi connectivity index (χ1n) is 6.45. The van der Waals surface area contributed by atoms with Gasteiger partial charge in [-0.3, -0.25) is 4.79 Å². The smallest absolute Gasteiger partial charge is 0.236 e. The Hall–Kier alpha value is -1.26. The Kier molecular flexibility index (Phi) is 3.26. The molecule has 0 bridgehead atoms. The SMILES string of the molecule is CCC1CCCCN1C(=O)C1(C(N)=NO)CC1. The number of carbonyl (C=O) groups excluding carboxylic acids is 1. The Bertz CT molecular complexity index is 337. The van der Waals surface area contributed by atoms with E-state index in [0.717, 1.165) is 25.8 Å². The van der Waals surface area contributed by atoms with Crippen molar-refractivity contribution in [2.75, 3.05) is 6.54 Å². The molecule has 0 aromatic carbocycles. The topological polar surface area (TPSA) is 78.9 Å². The number of likely N-dealkylation sites (tertiary alicyclic amines) is 1. The highest BCUT2D eigenvalue weighted by Gasteiger charge is 2.56. The van der Waals surface area contributed by atoms with E-state index >= 15 is 0 Å². The molecule has 2 rings (SSSR count). The zero-order chi connectivity index (χ0) is 12.5. The number of nitrogens with zero attached hydrogens (tertiary/aromatic N) is 2. The van der Waals surface area contributed by atoms with Crippen LogP contribution >= 0.6 is 0 Å². The van der Waals surface area contributed by atoms with Crippen molar-refractivity contribution in [1.29, 1.82) is 0 Å². The van der Waals surface area contributed by atoms with Gasteiger partial charge in [0.25, 0.3) is 0 Å². The second-order valence-corrected chi connectivity index (χ2v) is 5.12. The van der Waals surface area contributed by atoms with Crippen molar-refractivity contribution < 1.29 is 10.0 Å². The summed E-state index contributed by atoms with van der Waals surface area (Å²) in [6.45, 7) is 2.93. The molecule has 0 spiro atoms. The fourth-order valence-corrected chi connectivity index (χ4v) is 2.77. The van der Waals surface area contributed by atoms with Crippen LogP contribution in [-0.2, 0) is 4.79 Å². The number of amidine groups is 1. The largest absolute Gasteiger partial charge is 0.409 e. The van der Waals surface area contributed by atoms with E-state index in [9.17, 15) is 4.79 Å². The Morgan fingerprint density at radius 2 is 2.24 bits per heavy atom. The van der Waals surface area contributed by atoms with Crippen LogP contribution in [0.5, 0.6) is 0 Å². The van der Waals surface area contributed by atoms with E-state index < -0.39 is 5.41 Å². The van der Waals surface area contributed by atoms with Crippen LogP contribution in [0, 0.1) is 5.41 Å². The summed E-state index contributed by atoms with van der Waals surface area (Å²) in [5.41, 5.74) is 4.98. The molecule has 1 heterocycles. The molecule has 1 saturated carbocycles. The van der Waals surface area contributed by atoms with E-state index in [-0.39, 0.29) is 11.7 Å². The lowest BCUT2D eigenvalue weighted by Crippen LogP contribution is -2.50. The first-order valence-corrected chi connectivity index (χ1v) is 6.45. The molecule has 5 nitrogen and oxygen atoms in total. The first-order chi connectivity index (χ1) is 8.15. The fourth-order valence-electron chi connectivity index (χ4n) is 2.77. The van der Waals surface area contributed by atoms with Crippen LogP contribution in [0.3, 0.4) is 0 Å². The number of hydrogen-bond acceptors (Lipinski definition) is 3. The Morgan fingerprint density at radius 3 is 2.76 bits per heavy atom. The summed E-state index contributed by atoms with van der Waals surface area (Å²) in [6.07, 6.45) is 5.75. The molecule has 1 aliphatic heterocycles. The van der Waals surface area contributed by atoms with Crippen LogP contribution in [0.1, 0.15) is 45.4 Å². The predicted molar refractivity (Wildman–Crippen MR) is 64.7 cm³/mol. The van der Waals surface area contributed by atoms with Crippen molar-refractivity contribution in [3.8, 4) is 0 Å². The van der Waals surface area contributed by atoms with Gasteiger partial charge in [-0.05, 0) is 38.5 Å². The summed E-state index contributed by atoms with van der Waals surface area (Å²) in [6, 6.07) is 0.334. The molecule has 1 aliphatic carbocycles. The van der Waals surface area contributed by atoms with Gasteiger partial charge in [-0.2, -0.15) is 0 Å². The summed E-state index contributed by atoms with van der Waals surface area (Å²) < 4.78 is 0. The third kappa shape index (κ3) is 1.98. The zero-order valence-corrected chi connectivity index (χ0v) is 10.4. The second-order valence-electron chi connectivity index (χ2n) is 5.12. The van der Waals surface area contributed by atoms with Gasteiger partial charge in [0.1, 0.15) is 5.41 Å². The second kappa shape index (κ2) is 4.55. The highest BCUT2D eigenvalue weighted by molar-refractivity contribution is 6.09. The van der Waals surface area contributed by atoms with Crippen molar-refractivity contribution in [3.05, 3.63) is 0 Å². The minimum absolute atomic E-state index is 0.0688. The number of oxime groups is 1. The van der Waals surface area contributed by atoms with E-state index in [1.54, 1.807) is 0 Å². The number of hydrogen-bond donors (Lipinski definition) is 2. The van der Waals surface area contributed by atoms with Crippen LogP contribution in [0.15, 0.2) is 5.16 Å². The summed E-state index contributed by atoms with van der Waals surface area (Å²) in [4.78, 5) is 14.5. The van der Waals surface area contributed by atoms with E-state index in [0.29, 0.717) is 18.9 Å². The Labute approximate surface area is 102 Å². The molecule has 0 aromatic rings. The molecule has 1 atom stereocenters. The Morgan fingerprint density at radius 1 is 1.53 bits per heavy atom. The van der Waals surface area contributed by atoms with Gasteiger partial charge >= 0.3 is 0 Å². The maximum Gasteiger partial charge on any atom is 0.236 e. The van der Waals surface area contributed by atoms with E-state index in [1.165, 1.54) is 6.42 Å². The minimum atomic E-state index is -0.681. The minimum Gasteiger partial charge on any atom is -0.409 e. The summed E-state index contributed by atoms with van der Waals surface area (Å²) in [7, 11) is 0. The van der Waals surface area contributed by atoms with Crippen molar-refractivity contribution in [2.24, 2.45) is 16.3 Å². The van der Waals surface area contributed by atoms with E-state index in [4.69, 9.17) is 10.9 Å². The number of rotatable bonds is 3. The molecule has 1 saturated heterocycles. The van der Waals surface area contributed by atoms with E-state index in [2.05, 4.69) is 12.1 Å². The summed E-state index contributed by atoms with van der Waals surface area (Å²) in [5, 5.41) is 11.8. The molecule has 5 heteroatoms. The molecule has 1 amide bonds. The Balaban J connectivity index is 2.14. The standard InChI is InChI=1S/C12H21N3O2/c1-2-9-5-3-4-8-15(9)11(16)12(6-7-12)10(13)14-17/h9,17H,2-8H2,1H3,(H2,13,14). The highest BCUT2D eigenvalue weighted by Crippen LogP contribution is 2.48. The van der Waals surface area contributed by atoms with Gasteiger partial charge in [0, 0.05) is 12.6 Å². The quantitative estimate of drug-likeness (QED) is 0.337. The van der Waals surface area contributed by atoms with Gasteiger partial charge < -0.3 is 15.8 Å². The molecule has 1 unspecified atom stereocenters. The van der Waals surface area contributed by atoms with Gasteiger partial charge in [-0.25, -0.2) is 0 Å². The van der Waals surface area contributed by atoms with Gasteiger partial charge in [0.2, 0.25) is 5.91 Å². The highest BCUT2D eigenvalue weighted by atomic mass is 16.4. The average molecular weight is 239 g/mol. The van der Waals surface area contributed by atoms with Gasteiger partial charge in [0.15, 0.2) is 5.84 Å². The van der Waals surface area contributed by atoms with Crippen molar-refractivity contribution in [2.45, 2.75) is 51.5 Å². The van der Waals surface area contributed by atoms with Crippen molar-refractivity contribution in [3.63, 3.8) is 0 Å². The zero-order valence-electron chi connectivity index (χ0n) is 10.4. The van der Waals surface area contributed by atoms with Crippen LogP contribution in [0.25, 0.3) is 0 Å². The summed E-state index contributed by atoms with van der Waals surface area (Å²) in [5.74, 6) is 0.155. The lowest BCUT2D eigenvalue weighted by atomic mass is 9.95. The van der Waals surface area contributed by atoms with E-state index in [1.807, 2.05) is 4.90 Å². The van der Waals surface area contributed by atoms with Gasteiger partial charge in [-0.15, -0.1) is 0 Å². The normalized spacial score (nSPS) is 27.9. The van der Waals surface area contributed by atoms with Crippen molar-refractivity contribution in [1.82, 2.24) is 4.90 Å². The number of carbonyl (C=O) groups is 1. The van der Waals surface area contributed by atoms with Gasteiger partial charge in [0.05, 0.1) is 0 Å². The monoisotopic (exact) mass is 239 g/mol. The molecule has 2 fully saturated rings. The van der Waals surface area contributed by atoms with Gasteiger partial charge in [-0.1, -0.05) is 12.1 Å². The molecular formula is C12H21N3O2. The van der Waals surface area contributed by atoms with Crippen LogP contribution < -0.4 is 5.73 Å². The van der Waals surface area contributed by atoms with Crippen molar-refractivity contribution >= 4 is 11.7 Å². The molecular weight excluding hydrogens is 218 g/mol. The lowest BCUT2D eigenvalue weighted by molar-refractivity contribution is -0.138. The molecule has 0 radical (unpaired) electrons. The average Bonchev–Trinajstić information content (AvgIpc) is 3.18. The maximum atomic E-state index is 12.5. The molecule has 96 valence electrons. The number of amides is 1. The fraction of sp³-hybridized carbons (Fsp3) is 0.833.